The van der Waals surface area contributed by atoms with Gasteiger partial charge in [-0.15, -0.1) is 0 Å². The maximum absolute atomic E-state index is 6.18. The Balaban J connectivity index is 1.75. The monoisotopic (exact) mass is 379 g/mol. The summed E-state index contributed by atoms with van der Waals surface area (Å²) < 4.78 is 5.87. The van der Waals surface area contributed by atoms with Crippen molar-refractivity contribution in [3.63, 3.8) is 0 Å². The third kappa shape index (κ3) is 7.68. The zero-order valence-electron chi connectivity index (χ0n) is 14.9. The van der Waals surface area contributed by atoms with Gasteiger partial charge in [0.1, 0.15) is 12.4 Å². The molecule has 4 heteroatoms. The molecule has 0 bridgehead atoms. The van der Waals surface area contributed by atoms with E-state index in [1.807, 2.05) is 24.3 Å². The van der Waals surface area contributed by atoms with Crippen molar-refractivity contribution >= 4 is 23.2 Å². The van der Waals surface area contributed by atoms with Gasteiger partial charge in [-0.2, -0.15) is 0 Å². The van der Waals surface area contributed by atoms with Crippen LogP contribution in [-0.2, 0) is 13.2 Å². The van der Waals surface area contributed by atoms with Crippen LogP contribution in [0.1, 0.15) is 50.2 Å². The first-order chi connectivity index (χ1) is 12.2. The molecule has 0 saturated carbocycles. The zero-order valence-corrected chi connectivity index (χ0v) is 16.4. The SMILES string of the molecule is CCCCCCCNCc1cccc(OCc2ccc(Cl)cc2Cl)c1. The van der Waals surface area contributed by atoms with Gasteiger partial charge in [0.2, 0.25) is 0 Å². The van der Waals surface area contributed by atoms with Crippen LogP contribution in [0.2, 0.25) is 10.0 Å². The van der Waals surface area contributed by atoms with E-state index in [4.69, 9.17) is 27.9 Å². The summed E-state index contributed by atoms with van der Waals surface area (Å²) in [6, 6.07) is 13.7. The molecule has 0 unspecified atom stereocenters. The van der Waals surface area contributed by atoms with Gasteiger partial charge in [0.05, 0.1) is 0 Å². The molecule has 0 aliphatic rings. The van der Waals surface area contributed by atoms with Crippen molar-refractivity contribution in [2.75, 3.05) is 6.54 Å². The van der Waals surface area contributed by atoms with Gasteiger partial charge in [0.15, 0.2) is 0 Å². The topological polar surface area (TPSA) is 21.3 Å². The summed E-state index contributed by atoms with van der Waals surface area (Å²) in [6.45, 7) is 4.61. The van der Waals surface area contributed by atoms with Gasteiger partial charge in [-0.3, -0.25) is 0 Å². The van der Waals surface area contributed by atoms with Crippen LogP contribution in [-0.4, -0.2) is 6.54 Å². The molecule has 0 aromatic heterocycles. The lowest BCUT2D eigenvalue weighted by atomic mass is 10.1. The van der Waals surface area contributed by atoms with Crippen LogP contribution in [0.3, 0.4) is 0 Å². The molecule has 0 atom stereocenters. The summed E-state index contributed by atoms with van der Waals surface area (Å²) in [6.07, 6.45) is 6.53. The second-order valence-electron chi connectivity index (χ2n) is 6.26. The van der Waals surface area contributed by atoms with Gasteiger partial charge in [-0.1, -0.05) is 74.0 Å². The molecule has 0 amide bonds. The maximum atomic E-state index is 6.18. The fraction of sp³-hybridized carbons (Fsp3) is 0.429. The third-order valence-electron chi connectivity index (χ3n) is 4.09. The van der Waals surface area contributed by atoms with Gasteiger partial charge in [-0.25, -0.2) is 0 Å². The molecule has 25 heavy (non-hydrogen) atoms. The van der Waals surface area contributed by atoms with E-state index < -0.39 is 0 Å². The molecule has 2 nitrogen and oxygen atoms in total. The van der Waals surface area contributed by atoms with Crippen LogP contribution in [0.15, 0.2) is 42.5 Å². The lowest BCUT2D eigenvalue weighted by Gasteiger charge is -2.10. The first kappa shape index (κ1) is 20.1. The summed E-state index contributed by atoms with van der Waals surface area (Å²) >= 11 is 12.1. The second kappa shape index (κ2) is 11.4. The number of ether oxygens (including phenoxy) is 1. The van der Waals surface area contributed by atoms with E-state index in [9.17, 15) is 0 Å². The molecule has 0 aliphatic heterocycles. The van der Waals surface area contributed by atoms with Crippen molar-refractivity contribution < 1.29 is 4.74 Å². The van der Waals surface area contributed by atoms with E-state index in [2.05, 4.69) is 24.4 Å². The summed E-state index contributed by atoms with van der Waals surface area (Å²) in [5.41, 5.74) is 2.16. The molecule has 2 rings (SSSR count). The standard InChI is InChI=1S/C21H27Cl2NO/c1-2-3-4-5-6-12-24-15-17-8-7-9-20(13-17)25-16-18-10-11-19(22)14-21(18)23/h7-11,13-14,24H,2-6,12,15-16H2,1H3. The molecule has 0 radical (unpaired) electrons. The molecule has 0 heterocycles. The summed E-state index contributed by atoms with van der Waals surface area (Å²) in [7, 11) is 0. The van der Waals surface area contributed by atoms with Crippen LogP contribution in [0, 0.1) is 0 Å². The van der Waals surface area contributed by atoms with Crippen LogP contribution < -0.4 is 10.1 Å². The summed E-state index contributed by atoms with van der Waals surface area (Å²) in [4.78, 5) is 0. The lowest BCUT2D eigenvalue weighted by Crippen LogP contribution is -2.14. The van der Waals surface area contributed by atoms with E-state index in [1.54, 1.807) is 6.07 Å². The van der Waals surface area contributed by atoms with Gasteiger partial charge in [0.25, 0.3) is 0 Å². The minimum absolute atomic E-state index is 0.435. The molecule has 0 spiro atoms. The largest absolute Gasteiger partial charge is 0.489 e. The third-order valence-corrected chi connectivity index (χ3v) is 4.68. The molecule has 0 aliphatic carbocycles. The Labute approximate surface area is 161 Å². The molecular weight excluding hydrogens is 353 g/mol. The van der Waals surface area contributed by atoms with Gasteiger partial charge < -0.3 is 10.1 Å². The Hall–Kier alpha value is -1.22. The van der Waals surface area contributed by atoms with Crippen molar-refractivity contribution in [1.82, 2.24) is 5.32 Å². The molecule has 0 saturated heterocycles. The maximum Gasteiger partial charge on any atom is 0.120 e. The van der Waals surface area contributed by atoms with Crippen molar-refractivity contribution in [2.45, 2.75) is 52.2 Å². The summed E-state index contributed by atoms with van der Waals surface area (Å²) in [5, 5.41) is 4.77. The number of hydrogen-bond acceptors (Lipinski definition) is 2. The van der Waals surface area contributed by atoms with Crippen LogP contribution in [0.5, 0.6) is 5.75 Å². The molecular formula is C21H27Cl2NO. The molecule has 2 aromatic rings. The Bertz CT molecular complexity index is 646. The van der Waals surface area contributed by atoms with Gasteiger partial charge in [-0.05, 0) is 42.8 Å². The highest BCUT2D eigenvalue weighted by Crippen LogP contribution is 2.23. The average Bonchev–Trinajstić information content (AvgIpc) is 2.61. The van der Waals surface area contributed by atoms with E-state index >= 15 is 0 Å². The zero-order chi connectivity index (χ0) is 17.9. The average molecular weight is 380 g/mol. The fourth-order valence-corrected chi connectivity index (χ4v) is 3.09. The Morgan fingerprint density at radius 3 is 2.60 bits per heavy atom. The number of nitrogens with one attached hydrogen (secondary N) is 1. The highest BCUT2D eigenvalue weighted by Gasteiger charge is 2.03. The molecule has 1 N–H and O–H groups in total. The van der Waals surface area contributed by atoms with Crippen molar-refractivity contribution in [2.24, 2.45) is 0 Å². The molecule has 2 aromatic carbocycles. The van der Waals surface area contributed by atoms with Crippen LogP contribution >= 0.6 is 23.2 Å². The highest BCUT2D eigenvalue weighted by atomic mass is 35.5. The van der Waals surface area contributed by atoms with Crippen LogP contribution in [0.4, 0.5) is 0 Å². The van der Waals surface area contributed by atoms with Crippen molar-refractivity contribution in [1.29, 1.82) is 0 Å². The number of halogens is 2. The normalized spacial score (nSPS) is 10.8. The predicted molar refractivity (Wildman–Crippen MR) is 108 cm³/mol. The lowest BCUT2D eigenvalue weighted by molar-refractivity contribution is 0.306. The minimum Gasteiger partial charge on any atom is -0.489 e. The Morgan fingerprint density at radius 2 is 1.80 bits per heavy atom. The number of benzene rings is 2. The first-order valence-corrected chi connectivity index (χ1v) is 9.81. The smallest absolute Gasteiger partial charge is 0.120 e. The fourth-order valence-electron chi connectivity index (χ4n) is 2.63. The first-order valence-electron chi connectivity index (χ1n) is 9.05. The molecule has 0 fully saturated rings. The van der Waals surface area contributed by atoms with Crippen molar-refractivity contribution in [3.8, 4) is 5.75 Å². The Morgan fingerprint density at radius 1 is 0.960 bits per heavy atom. The van der Waals surface area contributed by atoms with E-state index in [-0.39, 0.29) is 0 Å². The predicted octanol–water partition coefficient (Wildman–Crippen LogP) is 6.63. The Kier molecular flexibility index (Phi) is 9.17. The van der Waals surface area contributed by atoms with Gasteiger partial charge >= 0.3 is 0 Å². The second-order valence-corrected chi connectivity index (χ2v) is 7.11. The van der Waals surface area contributed by atoms with Gasteiger partial charge in [0, 0.05) is 22.2 Å². The quantitative estimate of drug-likeness (QED) is 0.442. The van der Waals surface area contributed by atoms with E-state index in [0.29, 0.717) is 16.7 Å². The highest BCUT2D eigenvalue weighted by molar-refractivity contribution is 6.35. The summed E-state index contributed by atoms with van der Waals surface area (Å²) in [5.74, 6) is 0.855. The minimum atomic E-state index is 0.435. The van der Waals surface area contributed by atoms with Crippen LogP contribution in [0.25, 0.3) is 0 Å². The molecule has 136 valence electrons. The van der Waals surface area contributed by atoms with E-state index in [1.165, 1.54) is 37.7 Å². The number of rotatable bonds is 11. The number of hydrogen-bond donors (Lipinski definition) is 1. The van der Waals surface area contributed by atoms with Crippen molar-refractivity contribution in [3.05, 3.63) is 63.6 Å². The van der Waals surface area contributed by atoms with E-state index in [0.717, 1.165) is 24.4 Å². The number of unbranched alkanes of at least 4 members (excludes halogenated alkanes) is 4.